The molecule has 0 amide bonds. The fourth-order valence-corrected chi connectivity index (χ4v) is 3.59. The molecule has 0 saturated heterocycles. The van der Waals surface area contributed by atoms with Gasteiger partial charge in [-0.05, 0) is 44.9 Å². The molecule has 0 aliphatic rings. The van der Waals surface area contributed by atoms with E-state index >= 15 is 0 Å². The lowest BCUT2D eigenvalue weighted by atomic mass is 10.0. The minimum atomic E-state index is -0.0770. The van der Waals surface area contributed by atoms with Crippen molar-refractivity contribution in [2.24, 2.45) is 5.92 Å². The Hall–Kier alpha value is -2.38. The van der Waals surface area contributed by atoms with Crippen molar-refractivity contribution in [3.63, 3.8) is 0 Å². The molecule has 1 aromatic carbocycles. The second kappa shape index (κ2) is 8.97. The molecule has 0 fully saturated rings. The zero-order valence-corrected chi connectivity index (χ0v) is 18.4. The number of hydrogen-bond donors (Lipinski definition) is 2. The summed E-state index contributed by atoms with van der Waals surface area (Å²) < 4.78 is 2.03. The summed E-state index contributed by atoms with van der Waals surface area (Å²) >= 11 is 6.15. The van der Waals surface area contributed by atoms with Gasteiger partial charge in [0.05, 0.1) is 19.0 Å². The first-order chi connectivity index (χ1) is 13.8. The largest absolute Gasteiger partial charge is 0.394 e. The summed E-state index contributed by atoms with van der Waals surface area (Å²) in [4.78, 5) is 16.2. The van der Waals surface area contributed by atoms with Crippen molar-refractivity contribution in [3.8, 4) is 0 Å². The highest BCUT2D eigenvalue weighted by Gasteiger charge is 2.25. The van der Waals surface area contributed by atoms with Crippen molar-refractivity contribution >= 4 is 40.2 Å². The topological polar surface area (TPSA) is 79.1 Å². The predicted molar refractivity (Wildman–Crippen MR) is 119 cm³/mol. The number of aliphatic hydroxyl groups excluding tert-OH is 1. The van der Waals surface area contributed by atoms with E-state index in [4.69, 9.17) is 21.6 Å². The van der Waals surface area contributed by atoms with Gasteiger partial charge >= 0.3 is 0 Å². The maximum Gasteiger partial charge on any atom is 0.229 e. The number of fused-ring (bicyclic) bond motifs is 1. The molecule has 0 spiro atoms. The van der Waals surface area contributed by atoms with Gasteiger partial charge in [-0.3, -0.25) is 0 Å². The molecule has 0 bridgehead atoms. The summed E-state index contributed by atoms with van der Waals surface area (Å²) in [6.45, 7) is 11.1. The Morgan fingerprint density at radius 2 is 1.97 bits per heavy atom. The van der Waals surface area contributed by atoms with Crippen LogP contribution in [-0.2, 0) is 0 Å². The third kappa shape index (κ3) is 4.46. The van der Waals surface area contributed by atoms with Gasteiger partial charge in [-0.2, -0.15) is 9.97 Å². The number of aliphatic hydroxyl groups is 1. The molecule has 3 rings (SSSR count). The van der Waals surface area contributed by atoms with E-state index in [0.29, 0.717) is 28.9 Å². The second-order valence-electron chi connectivity index (χ2n) is 7.71. The average Bonchev–Trinajstić information content (AvgIpc) is 3.10. The molecule has 0 radical (unpaired) electrons. The van der Waals surface area contributed by atoms with Crippen molar-refractivity contribution in [1.82, 2.24) is 19.5 Å². The Labute approximate surface area is 176 Å². The molecule has 2 aromatic heterocycles. The van der Waals surface area contributed by atoms with E-state index in [2.05, 4.69) is 38.0 Å². The number of halogens is 1. The predicted octanol–water partition coefficient (Wildman–Crippen LogP) is 4.65. The van der Waals surface area contributed by atoms with Crippen LogP contribution in [0.1, 0.15) is 40.7 Å². The first-order valence-electron chi connectivity index (χ1n) is 10.00. The van der Waals surface area contributed by atoms with Crippen LogP contribution in [0.3, 0.4) is 0 Å². The Bertz CT molecular complexity index is 971. The van der Waals surface area contributed by atoms with Crippen LogP contribution in [0.4, 0.5) is 17.5 Å². The van der Waals surface area contributed by atoms with Crippen molar-refractivity contribution in [2.75, 3.05) is 23.4 Å². The molecule has 8 heteroatoms. The summed E-state index contributed by atoms with van der Waals surface area (Å²) in [6.07, 6.45) is 1.79. The van der Waals surface area contributed by atoms with Gasteiger partial charge in [-0.1, -0.05) is 31.5 Å². The van der Waals surface area contributed by atoms with E-state index < -0.39 is 0 Å². The van der Waals surface area contributed by atoms with Crippen LogP contribution >= 0.6 is 11.6 Å². The Balaban J connectivity index is 2.16. The van der Waals surface area contributed by atoms with E-state index in [9.17, 15) is 5.11 Å². The first-order valence-corrected chi connectivity index (χ1v) is 10.4. The zero-order valence-electron chi connectivity index (χ0n) is 17.6. The summed E-state index contributed by atoms with van der Waals surface area (Å²) in [7, 11) is 0. The van der Waals surface area contributed by atoms with Gasteiger partial charge in [0.15, 0.2) is 17.0 Å². The molecule has 3 aromatic rings. The average molecular weight is 417 g/mol. The Morgan fingerprint density at radius 3 is 2.55 bits per heavy atom. The van der Waals surface area contributed by atoms with Gasteiger partial charge < -0.3 is 19.9 Å². The van der Waals surface area contributed by atoms with Gasteiger partial charge in [-0.15, -0.1) is 0 Å². The van der Waals surface area contributed by atoms with Crippen LogP contribution in [-0.4, -0.2) is 43.8 Å². The van der Waals surface area contributed by atoms with Crippen molar-refractivity contribution in [3.05, 3.63) is 35.6 Å². The lowest BCUT2D eigenvalue weighted by Crippen LogP contribution is -2.42. The fourth-order valence-electron chi connectivity index (χ4n) is 3.40. The van der Waals surface area contributed by atoms with Gasteiger partial charge in [-0.25, -0.2) is 4.98 Å². The highest BCUT2D eigenvalue weighted by molar-refractivity contribution is 6.30. The third-order valence-corrected chi connectivity index (χ3v) is 5.24. The standard InChI is InChI=1S/C21H29ClN6O/c1-6-27(17(11-29)13(2)3)21-25-19(24-16-9-7-8-15(22)10-16)18-20(26-21)28(12-23-18)14(4)5/h7-10,12-14,17,29H,6,11H2,1-5H3,(H,24,25,26)/t17-/m0/s1. The smallest absolute Gasteiger partial charge is 0.229 e. The van der Waals surface area contributed by atoms with Crippen LogP contribution < -0.4 is 10.2 Å². The minimum Gasteiger partial charge on any atom is -0.394 e. The SMILES string of the molecule is CCN(c1nc(Nc2cccc(Cl)c2)c2ncn(C(C)C)c2n1)[C@@H](CO)C(C)C. The Morgan fingerprint density at radius 1 is 1.21 bits per heavy atom. The molecule has 1 atom stereocenters. The molecule has 0 aliphatic carbocycles. The molecule has 29 heavy (non-hydrogen) atoms. The number of likely N-dealkylation sites (N-methyl/N-ethyl adjacent to an activating group) is 1. The number of hydrogen-bond acceptors (Lipinski definition) is 6. The number of imidazole rings is 1. The van der Waals surface area contributed by atoms with Gasteiger partial charge in [0.25, 0.3) is 0 Å². The summed E-state index contributed by atoms with van der Waals surface area (Å²) in [5.41, 5.74) is 2.28. The lowest BCUT2D eigenvalue weighted by molar-refractivity contribution is 0.230. The molecule has 0 aliphatic heterocycles. The molecule has 156 valence electrons. The van der Waals surface area contributed by atoms with E-state index in [-0.39, 0.29) is 24.6 Å². The van der Waals surface area contributed by atoms with Crippen LogP contribution in [0.2, 0.25) is 5.02 Å². The lowest BCUT2D eigenvalue weighted by Gasteiger charge is -2.32. The third-order valence-electron chi connectivity index (χ3n) is 5.01. The molecule has 2 N–H and O–H groups in total. The summed E-state index contributed by atoms with van der Waals surface area (Å²) in [5.74, 6) is 1.43. The first kappa shape index (κ1) is 21.3. The van der Waals surface area contributed by atoms with Gasteiger partial charge in [0.2, 0.25) is 5.95 Å². The Kier molecular flexibility index (Phi) is 6.59. The zero-order chi connectivity index (χ0) is 21.1. The molecule has 0 saturated carbocycles. The molecular weight excluding hydrogens is 388 g/mol. The molecule has 7 nitrogen and oxygen atoms in total. The van der Waals surface area contributed by atoms with E-state index in [0.717, 1.165) is 11.3 Å². The molecular formula is C21H29ClN6O. The number of anilines is 3. The van der Waals surface area contributed by atoms with Gasteiger partial charge in [0, 0.05) is 23.3 Å². The van der Waals surface area contributed by atoms with E-state index in [1.807, 2.05) is 40.7 Å². The van der Waals surface area contributed by atoms with Crippen LogP contribution in [0.5, 0.6) is 0 Å². The molecule has 0 unspecified atom stereocenters. The van der Waals surface area contributed by atoms with Crippen LogP contribution in [0.25, 0.3) is 11.2 Å². The second-order valence-corrected chi connectivity index (χ2v) is 8.14. The van der Waals surface area contributed by atoms with E-state index in [1.54, 1.807) is 6.33 Å². The van der Waals surface area contributed by atoms with Crippen LogP contribution in [0, 0.1) is 5.92 Å². The van der Waals surface area contributed by atoms with Gasteiger partial charge in [0.1, 0.15) is 0 Å². The fraction of sp³-hybridized carbons (Fsp3) is 0.476. The molecule has 2 heterocycles. The maximum absolute atomic E-state index is 9.97. The summed E-state index contributed by atoms with van der Waals surface area (Å²) in [6, 6.07) is 7.62. The number of nitrogens with zero attached hydrogens (tertiary/aromatic N) is 5. The summed E-state index contributed by atoms with van der Waals surface area (Å²) in [5, 5.41) is 14.0. The van der Waals surface area contributed by atoms with Crippen molar-refractivity contribution in [2.45, 2.75) is 46.7 Å². The highest BCUT2D eigenvalue weighted by Crippen LogP contribution is 2.29. The van der Waals surface area contributed by atoms with Crippen LogP contribution in [0.15, 0.2) is 30.6 Å². The normalized spacial score (nSPS) is 12.7. The van der Waals surface area contributed by atoms with E-state index in [1.165, 1.54) is 0 Å². The monoisotopic (exact) mass is 416 g/mol. The number of rotatable bonds is 8. The maximum atomic E-state index is 9.97. The number of aromatic nitrogens is 4. The quantitative estimate of drug-likeness (QED) is 0.556. The number of nitrogens with one attached hydrogen (secondary N) is 1. The minimum absolute atomic E-state index is 0.0351. The highest BCUT2D eigenvalue weighted by atomic mass is 35.5. The number of benzene rings is 1. The van der Waals surface area contributed by atoms with Crippen molar-refractivity contribution < 1.29 is 5.11 Å². The van der Waals surface area contributed by atoms with Crippen molar-refractivity contribution in [1.29, 1.82) is 0 Å².